The van der Waals surface area contributed by atoms with Gasteiger partial charge in [-0.3, -0.25) is 9.59 Å². The van der Waals surface area contributed by atoms with Crippen LogP contribution in [0.5, 0.6) is 11.5 Å². The minimum Gasteiger partial charge on any atom is -0.483 e. The molecule has 26 heavy (non-hydrogen) atoms. The monoisotopic (exact) mass is 361 g/mol. The average Bonchev–Trinajstić information content (AvgIpc) is 2.94. The normalized spacial score (nSPS) is 18.8. The first kappa shape index (κ1) is 18.5. The molecule has 1 aromatic rings. The van der Waals surface area contributed by atoms with Gasteiger partial charge in [0.25, 0.3) is 5.91 Å². The SMILES string of the molecule is CCOC(=O)C1CCN(C(=O)COc2cccc3c2OC(C)(C)C3)CC1. The lowest BCUT2D eigenvalue weighted by atomic mass is 9.97. The summed E-state index contributed by atoms with van der Waals surface area (Å²) in [6.07, 6.45) is 2.11. The summed E-state index contributed by atoms with van der Waals surface area (Å²) in [6, 6.07) is 5.79. The fraction of sp³-hybridized carbons (Fsp3) is 0.600. The predicted molar refractivity (Wildman–Crippen MR) is 96.3 cm³/mol. The van der Waals surface area contributed by atoms with E-state index in [4.69, 9.17) is 14.2 Å². The van der Waals surface area contributed by atoms with E-state index in [1.807, 2.05) is 32.0 Å². The van der Waals surface area contributed by atoms with Crippen LogP contribution in [0.3, 0.4) is 0 Å². The smallest absolute Gasteiger partial charge is 0.309 e. The molecule has 0 radical (unpaired) electrons. The summed E-state index contributed by atoms with van der Waals surface area (Å²) in [6.45, 7) is 7.37. The number of hydrogen-bond donors (Lipinski definition) is 0. The molecule has 0 unspecified atom stereocenters. The van der Waals surface area contributed by atoms with Crippen LogP contribution < -0.4 is 9.47 Å². The topological polar surface area (TPSA) is 65.1 Å². The Bertz CT molecular complexity index is 677. The van der Waals surface area contributed by atoms with Gasteiger partial charge in [0.05, 0.1) is 12.5 Å². The quantitative estimate of drug-likeness (QED) is 0.754. The summed E-state index contributed by atoms with van der Waals surface area (Å²) in [5, 5.41) is 0. The van der Waals surface area contributed by atoms with E-state index in [1.54, 1.807) is 11.8 Å². The van der Waals surface area contributed by atoms with E-state index in [1.165, 1.54) is 0 Å². The van der Waals surface area contributed by atoms with Gasteiger partial charge in [-0.2, -0.15) is 0 Å². The number of hydrogen-bond acceptors (Lipinski definition) is 5. The molecular formula is C20H27NO5. The van der Waals surface area contributed by atoms with Gasteiger partial charge in [-0.05, 0) is 39.7 Å². The van der Waals surface area contributed by atoms with Crippen molar-refractivity contribution in [1.82, 2.24) is 4.90 Å². The number of nitrogens with zero attached hydrogens (tertiary/aromatic N) is 1. The van der Waals surface area contributed by atoms with Gasteiger partial charge in [0.2, 0.25) is 0 Å². The van der Waals surface area contributed by atoms with Crippen molar-refractivity contribution in [3.8, 4) is 11.5 Å². The molecule has 1 fully saturated rings. The summed E-state index contributed by atoms with van der Waals surface area (Å²) in [7, 11) is 0. The fourth-order valence-corrected chi connectivity index (χ4v) is 3.56. The van der Waals surface area contributed by atoms with Crippen LogP contribution in [0.2, 0.25) is 0 Å². The Morgan fingerprint density at radius 1 is 1.27 bits per heavy atom. The molecule has 142 valence electrons. The van der Waals surface area contributed by atoms with Crippen molar-refractivity contribution in [2.45, 2.75) is 45.6 Å². The number of ether oxygens (including phenoxy) is 3. The lowest BCUT2D eigenvalue weighted by Gasteiger charge is -2.30. The Labute approximate surface area is 154 Å². The van der Waals surface area contributed by atoms with Gasteiger partial charge in [0, 0.05) is 25.1 Å². The lowest BCUT2D eigenvalue weighted by molar-refractivity contribution is -0.151. The van der Waals surface area contributed by atoms with E-state index >= 15 is 0 Å². The Kier molecular flexibility index (Phi) is 5.39. The van der Waals surface area contributed by atoms with Crippen LogP contribution in [0.4, 0.5) is 0 Å². The lowest BCUT2D eigenvalue weighted by Crippen LogP contribution is -2.42. The van der Waals surface area contributed by atoms with Crippen molar-refractivity contribution in [3.05, 3.63) is 23.8 Å². The minimum absolute atomic E-state index is 0.0235. The van der Waals surface area contributed by atoms with Gasteiger partial charge in [0.1, 0.15) is 5.60 Å². The van der Waals surface area contributed by atoms with Crippen LogP contribution in [0.1, 0.15) is 39.2 Å². The molecule has 1 aromatic carbocycles. The van der Waals surface area contributed by atoms with Gasteiger partial charge in [0.15, 0.2) is 18.1 Å². The first-order valence-electron chi connectivity index (χ1n) is 9.28. The molecule has 0 saturated carbocycles. The van der Waals surface area contributed by atoms with Crippen molar-refractivity contribution >= 4 is 11.9 Å². The number of carbonyl (C=O) groups excluding carboxylic acids is 2. The summed E-state index contributed by atoms with van der Waals surface area (Å²) >= 11 is 0. The second-order valence-electron chi connectivity index (χ2n) is 7.48. The van der Waals surface area contributed by atoms with Crippen molar-refractivity contribution in [2.75, 3.05) is 26.3 Å². The van der Waals surface area contributed by atoms with E-state index in [2.05, 4.69) is 0 Å². The molecule has 0 bridgehead atoms. The highest BCUT2D eigenvalue weighted by Gasteiger charge is 2.33. The summed E-state index contributed by atoms with van der Waals surface area (Å²) in [4.78, 5) is 26.0. The zero-order chi connectivity index (χ0) is 18.7. The highest BCUT2D eigenvalue weighted by Crippen LogP contribution is 2.41. The molecular weight excluding hydrogens is 334 g/mol. The molecule has 3 rings (SSSR count). The van der Waals surface area contributed by atoms with E-state index in [-0.39, 0.29) is 30.0 Å². The highest BCUT2D eigenvalue weighted by atomic mass is 16.5. The zero-order valence-corrected chi connectivity index (χ0v) is 15.7. The minimum atomic E-state index is -0.249. The van der Waals surface area contributed by atoms with E-state index < -0.39 is 0 Å². The third-order valence-corrected chi connectivity index (χ3v) is 4.87. The third-order valence-electron chi connectivity index (χ3n) is 4.87. The van der Waals surface area contributed by atoms with E-state index in [0.717, 1.165) is 17.7 Å². The second-order valence-corrected chi connectivity index (χ2v) is 7.48. The Hall–Kier alpha value is -2.24. The average molecular weight is 361 g/mol. The first-order chi connectivity index (χ1) is 12.4. The molecule has 1 amide bonds. The zero-order valence-electron chi connectivity index (χ0n) is 15.7. The van der Waals surface area contributed by atoms with Crippen molar-refractivity contribution in [2.24, 2.45) is 5.92 Å². The van der Waals surface area contributed by atoms with Gasteiger partial charge >= 0.3 is 5.97 Å². The maximum Gasteiger partial charge on any atom is 0.309 e. The molecule has 0 aromatic heterocycles. The van der Waals surface area contributed by atoms with Gasteiger partial charge in [-0.1, -0.05) is 12.1 Å². The summed E-state index contributed by atoms with van der Waals surface area (Å²) < 4.78 is 16.8. The molecule has 2 aliphatic rings. The number of fused-ring (bicyclic) bond motifs is 1. The molecule has 0 atom stereocenters. The van der Waals surface area contributed by atoms with Crippen molar-refractivity contribution in [3.63, 3.8) is 0 Å². The number of benzene rings is 1. The maximum absolute atomic E-state index is 12.4. The highest BCUT2D eigenvalue weighted by molar-refractivity contribution is 5.78. The molecule has 0 aliphatic carbocycles. The number of likely N-dealkylation sites (tertiary alicyclic amines) is 1. The number of rotatable bonds is 5. The predicted octanol–water partition coefficient (Wildman–Crippen LogP) is 2.58. The van der Waals surface area contributed by atoms with Crippen LogP contribution in [-0.4, -0.2) is 48.7 Å². The molecule has 2 aliphatic heterocycles. The number of para-hydroxylation sites is 1. The number of piperidine rings is 1. The van der Waals surface area contributed by atoms with Crippen LogP contribution in [0, 0.1) is 5.92 Å². The Morgan fingerprint density at radius 3 is 2.69 bits per heavy atom. The van der Waals surface area contributed by atoms with E-state index in [9.17, 15) is 9.59 Å². The maximum atomic E-state index is 12.4. The molecule has 0 spiro atoms. The van der Waals surface area contributed by atoms with Gasteiger partial charge in [-0.25, -0.2) is 0 Å². The third kappa shape index (κ3) is 4.11. The number of amides is 1. The van der Waals surface area contributed by atoms with Crippen LogP contribution in [0.15, 0.2) is 18.2 Å². The summed E-state index contributed by atoms with van der Waals surface area (Å²) in [5.41, 5.74) is 0.857. The van der Waals surface area contributed by atoms with Crippen LogP contribution in [0.25, 0.3) is 0 Å². The van der Waals surface area contributed by atoms with Crippen molar-refractivity contribution < 1.29 is 23.8 Å². The molecule has 2 heterocycles. The number of carbonyl (C=O) groups is 2. The largest absolute Gasteiger partial charge is 0.483 e. The standard InChI is InChI=1S/C20H27NO5/c1-4-24-19(23)14-8-10-21(11-9-14)17(22)13-25-16-7-5-6-15-12-20(2,3)26-18(15)16/h5-7,14H,4,8-13H2,1-3H3. The fourth-order valence-electron chi connectivity index (χ4n) is 3.56. The molecule has 6 nitrogen and oxygen atoms in total. The molecule has 0 N–H and O–H groups in total. The molecule has 1 saturated heterocycles. The number of esters is 1. The van der Waals surface area contributed by atoms with Gasteiger partial charge < -0.3 is 19.1 Å². The van der Waals surface area contributed by atoms with Crippen LogP contribution in [-0.2, 0) is 20.7 Å². The Morgan fingerprint density at radius 2 is 2.00 bits per heavy atom. The molecule has 6 heteroatoms. The van der Waals surface area contributed by atoms with Crippen LogP contribution >= 0.6 is 0 Å². The first-order valence-corrected chi connectivity index (χ1v) is 9.28. The Balaban J connectivity index is 1.52. The van der Waals surface area contributed by atoms with Crippen molar-refractivity contribution in [1.29, 1.82) is 0 Å². The van der Waals surface area contributed by atoms with E-state index in [0.29, 0.717) is 38.3 Å². The second kappa shape index (κ2) is 7.56. The summed E-state index contributed by atoms with van der Waals surface area (Å²) in [5.74, 6) is 1.03. The van der Waals surface area contributed by atoms with Gasteiger partial charge in [-0.15, -0.1) is 0 Å².